The number of carbonyl (C=O) groups is 1. The highest BCUT2D eigenvalue weighted by Gasteiger charge is 2.10. The molecule has 0 aliphatic heterocycles. The van der Waals surface area contributed by atoms with Crippen molar-refractivity contribution in [2.24, 2.45) is 0 Å². The minimum Gasteiger partial charge on any atom is -0.383 e. The first-order valence-electron chi connectivity index (χ1n) is 9.88. The van der Waals surface area contributed by atoms with Crippen molar-refractivity contribution in [1.82, 2.24) is 9.97 Å². The summed E-state index contributed by atoms with van der Waals surface area (Å²) in [5, 5.41) is 7.61. The van der Waals surface area contributed by atoms with Crippen LogP contribution in [0.15, 0.2) is 73.2 Å². The van der Waals surface area contributed by atoms with E-state index in [-0.39, 0.29) is 5.91 Å². The number of hydrogen-bond acceptors (Lipinski definition) is 3. The maximum Gasteiger partial charge on any atom is 0.257 e. The molecule has 4 aromatic rings. The summed E-state index contributed by atoms with van der Waals surface area (Å²) in [4.78, 5) is 20.2. The highest BCUT2D eigenvalue weighted by atomic mass is 16.1. The van der Waals surface area contributed by atoms with Crippen LogP contribution in [0.1, 0.15) is 28.4 Å². The number of anilines is 2. The second-order valence-electron chi connectivity index (χ2n) is 6.96. The van der Waals surface area contributed by atoms with E-state index in [0.717, 1.165) is 41.8 Å². The first-order chi connectivity index (χ1) is 14.2. The molecular weight excluding hydrogens is 360 g/mol. The summed E-state index contributed by atoms with van der Waals surface area (Å²) in [6, 6.07) is 18.0. The molecule has 0 saturated heterocycles. The van der Waals surface area contributed by atoms with Gasteiger partial charge in [0.2, 0.25) is 0 Å². The van der Waals surface area contributed by atoms with Gasteiger partial charge in [-0.1, -0.05) is 43.3 Å². The minimum atomic E-state index is -0.154. The van der Waals surface area contributed by atoms with Crippen molar-refractivity contribution in [3.8, 4) is 0 Å². The first-order valence-corrected chi connectivity index (χ1v) is 9.88. The van der Waals surface area contributed by atoms with Gasteiger partial charge < -0.3 is 15.6 Å². The Labute approximate surface area is 170 Å². The Morgan fingerprint density at radius 1 is 1.03 bits per heavy atom. The van der Waals surface area contributed by atoms with Crippen LogP contribution < -0.4 is 10.6 Å². The number of para-hydroxylation sites is 2. The standard InChI is InChI=1S/C24H24N4O/c1-2-17-7-3-5-9-22(17)28-24(29)19-13-20(16-25-14-19)26-12-11-18-15-27-23-10-6-4-8-21(18)23/h3-10,13-16,26-27H,2,11-12H2,1H3,(H,28,29). The van der Waals surface area contributed by atoms with E-state index in [9.17, 15) is 4.79 Å². The predicted octanol–water partition coefficient (Wildman–Crippen LogP) is 5.03. The second kappa shape index (κ2) is 8.61. The maximum atomic E-state index is 12.7. The van der Waals surface area contributed by atoms with Gasteiger partial charge in [0, 0.05) is 41.7 Å². The maximum absolute atomic E-state index is 12.7. The number of carbonyl (C=O) groups excluding carboxylic acids is 1. The number of rotatable bonds is 7. The molecule has 0 saturated carbocycles. The van der Waals surface area contributed by atoms with E-state index in [2.05, 4.69) is 51.9 Å². The zero-order valence-electron chi connectivity index (χ0n) is 16.4. The monoisotopic (exact) mass is 384 g/mol. The Bertz CT molecular complexity index is 1130. The molecule has 2 aromatic heterocycles. The van der Waals surface area contributed by atoms with Gasteiger partial charge in [0.05, 0.1) is 11.3 Å². The number of nitrogens with zero attached hydrogens (tertiary/aromatic N) is 1. The van der Waals surface area contributed by atoms with E-state index in [4.69, 9.17) is 0 Å². The fourth-order valence-electron chi connectivity index (χ4n) is 3.49. The molecule has 0 atom stereocenters. The first kappa shape index (κ1) is 18.7. The molecule has 2 heterocycles. The fraction of sp³-hybridized carbons (Fsp3) is 0.167. The van der Waals surface area contributed by atoms with E-state index >= 15 is 0 Å². The zero-order chi connectivity index (χ0) is 20.1. The topological polar surface area (TPSA) is 69.8 Å². The van der Waals surface area contributed by atoms with Crippen molar-refractivity contribution < 1.29 is 4.79 Å². The number of H-pyrrole nitrogens is 1. The third kappa shape index (κ3) is 4.29. The molecule has 0 unspecified atom stereocenters. The van der Waals surface area contributed by atoms with Crippen molar-refractivity contribution >= 4 is 28.2 Å². The Hall–Kier alpha value is -3.60. The van der Waals surface area contributed by atoms with Crippen LogP contribution >= 0.6 is 0 Å². The Balaban J connectivity index is 1.40. The fourth-order valence-corrected chi connectivity index (χ4v) is 3.49. The van der Waals surface area contributed by atoms with Gasteiger partial charge in [-0.25, -0.2) is 0 Å². The van der Waals surface area contributed by atoms with Crippen LogP contribution in [0.2, 0.25) is 0 Å². The van der Waals surface area contributed by atoms with Gasteiger partial charge in [0.15, 0.2) is 0 Å². The zero-order valence-corrected chi connectivity index (χ0v) is 16.4. The SMILES string of the molecule is CCc1ccccc1NC(=O)c1cncc(NCCc2c[nH]c3ccccc23)c1. The molecule has 2 aromatic carbocycles. The summed E-state index contributed by atoms with van der Waals surface area (Å²) < 4.78 is 0. The average Bonchev–Trinajstić information content (AvgIpc) is 3.17. The number of fused-ring (bicyclic) bond motifs is 1. The average molecular weight is 384 g/mol. The lowest BCUT2D eigenvalue weighted by Crippen LogP contribution is -2.14. The number of nitrogens with one attached hydrogen (secondary N) is 3. The van der Waals surface area contributed by atoms with Crippen LogP contribution in [0.5, 0.6) is 0 Å². The summed E-state index contributed by atoms with van der Waals surface area (Å²) in [6.07, 6.45) is 7.13. The highest BCUT2D eigenvalue weighted by Crippen LogP contribution is 2.19. The molecule has 1 amide bonds. The molecule has 0 aliphatic rings. The number of aromatic nitrogens is 2. The summed E-state index contributed by atoms with van der Waals surface area (Å²) in [7, 11) is 0. The lowest BCUT2D eigenvalue weighted by Gasteiger charge is -2.11. The van der Waals surface area contributed by atoms with Crippen LogP contribution in [0, 0.1) is 0 Å². The third-order valence-corrected chi connectivity index (χ3v) is 5.05. The number of benzene rings is 2. The van der Waals surface area contributed by atoms with Gasteiger partial charge in [-0.3, -0.25) is 9.78 Å². The molecule has 3 N–H and O–H groups in total. The number of aryl methyl sites for hydroxylation is 1. The third-order valence-electron chi connectivity index (χ3n) is 5.05. The van der Waals surface area contributed by atoms with Crippen LogP contribution in [0.25, 0.3) is 10.9 Å². The lowest BCUT2D eigenvalue weighted by atomic mass is 10.1. The van der Waals surface area contributed by atoms with Crippen LogP contribution in [0.4, 0.5) is 11.4 Å². The molecule has 5 heteroatoms. The number of aromatic amines is 1. The molecule has 146 valence electrons. The molecule has 29 heavy (non-hydrogen) atoms. The molecule has 5 nitrogen and oxygen atoms in total. The van der Waals surface area contributed by atoms with E-state index in [1.165, 1.54) is 10.9 Å². The Morgan fingerprint density at radius 3 is 2.76 bits per heavy atom. The number of amides is 1. The van der Waals surface area contributed by atoms with Crippen LogP contribution in [0.3, 0.4) is 0 Å². The molecular formula is C24H24N4O. The summed E-state index contributed by atoms with van der Waals surface area (Å²) in [5.41, 5.74) is 5.75. The van der Waals surface area contributed by atoms with Gasteiger partial charge in [0.1, 0.15) is 0 Å². The van der Waals surface area contributed by atoms with Crippen molar-refractivity contribution in [2.75, 3.05) is 17.2 Å². The van der Waals surface area contributed by atoms with Crippen molar-refractivity contribution in [3.05, 3.63) is 89.9 Å². The molecule has 4 rings (SSSR count). The summed E-state index contributed by atoms with van der Waals surface area (Å²) in [5.74, 6) is -0.154. The van der Waals surface area contributed by atoms with Crippen molar-refractivity contribution in [2.45, 2.75) is 19.8 Å². The molecule has 0 spiro atoms. The van der Waals surface area contributed by atoms with E-state index < -0.39 is 0 Å². The van der Waals surface area contributed by atoms with E-state index in [0.29, 0.717) is 5.56 Å². The molecule has 0 radical (unpaired) electrons. The Morgan fingerprint density at radius 2 is 1.86 bits per heavy atom. The van der Waals surface area contributed by atoms with Gasteiger partial charge >= 0.3 is 0 Å². The molecule has 0 bridgehead atoms. The van der Waals surface area contributed by atoms with Crippen molar-refractivity contribution in [3.63, 3.8) is 0 Å². The normalized spacial score (nSPS) is 10.8. The predicted molar refractivity (Wildman–Crippen MR) is 119 cm³/mol. The van der Waals surface area contributed by atoms with Crippen LogP contribution in [-0.2, 0) is 12.8 Å². The van der Waals surface area contributed by atoms with E-state index in [1.807, 2.05) is 36.4 Å². The lowest BCUT2D eigenvalue weighted by molar-refractivity contribution is 0.102. The van der Waals surface area contributed by atoms with Gasteiger partial charge in [0.25, 0.3) is 5.91 Å². The van der Waals surface area contributed by atoms with Gasteiger partial charge in [-0.2, -0.15) is 0 Å². The second-order valence-corrected chi connectivity index (χ2v) is 6.96. The molecule has 0 fully saturated rings. The quantitative estimate of drug-likeness (QED) is 0.418. The summed E-state index contributed by atoms with van der Waals surface area (Å²) in [6.45, 7) is 2.83. The smallest absolute Gasteiger partial charge is 0.257 e. The van der Waals surface area contributed by atoms with Crippen molar-refractivity contribution in [1.29, 1.82) is 0 Å². The van der Waals surface area contributed by atoms with Gasteiger partial charge in [-0.05, 0) is 42.2 Å². The number of hydrogen-bond donors (Lipinski definition) is 3. The van der Waals surface area contributed by atoms with Gasteiger partial charge in [-0.15, -0.1) is 0 Å². The number of pyridine rings is 1. The summed E-state index contributed by atoms with van der Waals surface area (Å²) >= 11 is 0. The highest BCUT2D eigenvalue weighted by molar-refractivity contribution is 6.04. The van der Waals surface area contributed by atoms with Crippen LogP contribution in [-0.4, -0.2) is 22.4 Å². The minimum absolute atomic E-state index is 0.154. The molecule has 0 aliphatic carbocycles. The van der Waals surface area contributed by atoms with E-state index in [1.54, 1.807) is 12.4 Å². The Kier molecular flexibility index (Phi) is 5.56. The largest absolute Gasteiger partial charge is 0.383 e.